The van der Waals surface area contributed by atoms with E-state index in [4.69, 9.17) is 4.74 Å². The number of nitroso groups, excluding NO2 is 1. The fourth-order valence-electron chi connectivity index (χ4n) is 1.89. The molecule has 7 heteroatoms. The maximum absolute atomic E-state index is 12.6. The van der Waals surface area contributed by atoms with Crippen molar-refractivity contribution in [2.24, 2.45) is 5.18 Å². The van der Waals surface area contributed by atoms with Crippen LogP contribution in [0.3, 0.4) is 0 Å². The van der Waals surface area contributed by atoms with E-state index >= 15 is 0 Å². The van der Waals surface area contributed by atoms with Gasteiger partial charge in [0.15, 0.2) is 17.0 Å². The summed E-state index contributed by atoms with van der Waals surface area (Å²) in [5.41, 5.74) is 0.613. The first kappa shape index (κ1) is 16.8. The lowest BCUT2D eigenvalue weighted by Gasteiger charge is -2.10. The number of carbonyl (C=O) groups excluding carboxylic acids is 1. The average molecular weight is 329 g/mol. The van der Waals surface area contributed by atoms with Crippen LogP contribution in [0.25, 0.3) is 0 Å². The average Bonchev–Trinajstić information content (AvgIpc) is 2.61. The number of rotatable bonds is 8. The molecule has 0 amide bonds. The van der Waals surface area contributed by atoms with Crippen LogP contribution in [-0.2, 0) is 0 Å². The maximum Gasteiger partial charge on any atom is 0.197 e. The van der Waals surface area contributed by atoms with Crippen molar-refractivity contribution in [3.8, 4) is 5.75 Å². The van der Waals surface area contributed by atoms with Gasteiger partial charge >= 0.3 is 0 Å². The van der Waals surface area contributed by atoms with Crippen molar-refractivity contribution in [1.29, 1.82) is 0 Å². The molecule has 0 aliphatic rings. The van der Waals surface area contributed by atoms with E-state index in [1.165, 1.54) is 24.0 Å². The topological polar surface area (TPSA) is 81.5 Å². The van der Waals surface area contributed by atoms with E-state index in [0.29, 0.717) is 23.1 Å². The second-order valence-corrected chi connectivity index (χ2v) is 5.24. The number of hydrogen-bond acceptors (Lipinski definition) is 7. The number of thioether (sulfide) groups is 1. The van der Waals surface area contributed by atoms with Gasteiger partial charge in [-0.2, -0.15) is 0 Å². The molecule has 1 aromatic carbocycles. The van der Waals surface area contributed by atoms with E-state index in [9.17, 15) is 9.70 Å². The number of ketones is 1. The number of benzene rings is 1. The van der Waals surface area contributed by atoms with Crippen molar-refractivity contribution in [3.63, 3.8) is 0 Å². The Hall–Kier alpha value is -2.54. The van der Waals surface area contributed by atoms with Gasteiger partial charge in [0.2, 0.25) is 0 Å². The highest BCUT2D eigenvalue weighted by Gasteiger charge is 2.25. The van der Waals surface area contributed by atoms with Crippen LogP contribution in [0.5, 0.6) is 5.75 Å². The number of aromatic nitrogens is 2. The number of Topliss-reactive ketones (excluding diaryl/α,β-unsaturated/α-hetero) is 1. The molecule has 1 aromatic heterocycles. The Balaban J connectivity index is 2.29. The molecule has 0 aliphatic heterocycles. The second kappa shape index (κ2) is 8.19. The lowest BCUT2D eigenvalue weighted by Crippen LogP contribution is -2.13. The predicted octanol–water partition coefficient (Wildman–Crippen LogP) is 3.45. The summed E-state index contributed by atoms with van der Waals surface area (Å²) >= 11 is 1.32. The fourth-order valence-corrected chi connectivity index (χ4v) is 2.26. The molecule has 0 N–H and O–H groups in total. The number of hydrogen-bond donors (Lipinski definition) is 0. The molecule has 0 fully saturated rings. The summed E-state index contributed by atoms with van der Waals surface area (Å²) in [6, 6.07) is 6.89. The molecule has 2 aromatic rings. The zero-order chi connectivity index (χ0) is 16.7. The smallest absolute Gasteiger partial charge is 0.197 e. The van der Waals surface area contributed by atoms with Crippen LogP contribution in [0.1, 0.15) is 22.1 Å². The lowest BCUT2D eigenvalue weighted by molar-refractivity contribution is 0.0959. The van der Waals surface area contributed by atoms with Crippen LogP contribution in [0, 0.1) is 4.91 Å². The van der Waals surface area contributed by atoms with Gasteiger partial charge in [-0.15, -0.1) is 4.91 Å². The quantitative estimate of drug-likeness (QED) is 0.242. The maximum atomic E-state index is 12.6. The Kier molecular flexibility index (Phi) is 5.99. The first-order chi connectivity index (χ1) is 11.2. The van der Waals surface area contributed by atoms with E-state index in [2.05, 4.69) is 21.7 Å². The van der Waals surface area contributed by atoms with Crippen LogP contribution in [0.2, 0.25) is 0 Å². The van der Waals surface area contributed by atoms with Crippen LogP contribution >= 0.6 is 11.8 Å². The summed E-state index contributed by atoms with van der Waals surface area (Å²) in [6.45, 7) is 3.90. The van der Waals surface area contributed by atoms with Crippen LogP contribution in [-0.4, -0.2) is 28.6 Å². The van der Waals surface area contributed by atoms with Crippen molar-refractivity contribution >= 4 is 17.5 Å². The third kappa shape index (κ3) is 4.23. The Morgan fingerprint density at radius 2 is 2.30 bits per heavy atom. The van der Waals surface area contributed by atoms with E-state index in [0.717, 1.165) is 0 Å². The van der Waals surface area contributed by atoms with Gasteiger partial charge in [0.1, 0.15) is 12.4 Å². The molecule has 0 saturated carbocycles. The highest BCUT2D eigenvalue weighted by atomic mass is 32.2. The van der Waals surface area contributed by atoms with Gasteiger partial charge in [-0.05, 0) is 24.5 Å². The van der Waals surface area contributed by atoms with Crippen molar-refractivity contribution in [2.45, 2.75) is 11.2 Å². The van der Waals surface area contributed by atoms with E-state index in [1.807, 2.05) is 6.26 Å². The summed E-state index contributed by atoms with van der Waals surface area (Å²) in [5, 5.41) is 3.42. The highest BCUT2D eigenvalue weighted by molar-refractivity contribution is 7.98. The normalized spacial score (nSPS) is 11.5. The molecule has 0 bridgehead atoms. The van der Waals surface area contributed by atoms with Gasteiger partial charge in [-0.3, -0.25) is 4.79 Å². The molecule has 0 aliphatic carbocycles. The van der Waals surface area contributed by atoms with Crippen molar-refractivity contribution in [2.75, 3.05) is 12.9 Å². The standard InChI is InChI=1S/C16H15N3O3S/c1-3-9-22-12-6-4-5-11(10-12)15(20)14(19-21)13-7-8-17-16(18-13)23-2/h3-8,10,14H,1,9H2,2H3. The summed E-state index contributed by atoms with van der Waals surface area (Å²) in [6.07, 6.45) is 4.92. The summed E-state index contributed by atoms with van der Waals surface area (Å²) in [5.74, 6) is 0.0858. The lowest BCUT2D eigenvalue weighted by atomic mass is 10.0. The van der Waals surface area contributed by atoms with E-state index in [-0.39, 0.29) is 5.69 Å². The molecule has 0 radical (unpaired) electrons. The first-order valence-electron chi connectivity index (χ1n) is 6.77. The van der Waals surface area contributed by atoms with Gasteiger partial charge in [-0.25, -0.2) is 9.97 Å². The molecule has 1 unspecified atom stereocenters. The molecule has 1 atom stereocenters. The molecule has 1 heterocycles. The second-order valence-electron chi connectivity index (χ2n) is 4.47. The SMILES string of the molecule is C=CCOc1cccc(C(=O)C(N=O)c2ccnc(SC)n2)c1. The molecule has 0 saturated heterocycles. The van der Waals surface area contributed by atoms with Crippen molar-refractivity contribution in [3.05, 3.63) is 65.3 Å². The minimum Gasteiger partial charge on any atom is -0.490 e. The minimum atomic E-state index is -1.21. The Morgan fingerprint density at radius 3 is 3.00 bits per heavy atom. The molecule has 23 heavy (non-hydrogen) atoms. The highest BCUT2D eigenvalue weighted by Crippen LogP contribution is 2.24. The summed E-state index contributed by atoms with van der Waals surface area (Å²) in [4.78, 5) is 32.0. The van der Waals surface area contributed by atoms with Crippen LogP contribution in [0.4, 0.5) is 0 Å². The largest absolute Gasteiger partial charge is 0.490 e. The summed E-state index contributed by atoms with van der Waals surface area (Å²) in [7, 11) is 0. The molecule has 2 rings (SSSR count). The fraction of sp³-hybridized carbons (Fsp3) is 0.188. The third-order valence-electron chi connectivity index (χ3n) is 2.96. The zero-order valence-electron chi connectivity index (χ0n) is 12.5. The minimum absolute atomic E-state index is 0.279. The Bertz CT molecular complexity index is 721. The first-order valence-corrected chi connectivity index (χ1v) is 7.99. The van der Waals surface area contributed by atoms with Crippen LogP contribution < -0.4 is 4.74 Å². The monoisotopic (exact) mass is 329 g/mol. The Labute approximate surface area is 138 Å². The number of nitrogens with zero attached hydrogens (tertiary/aromatic N) is 3. The van der Waals surface area contributed by atoms with Crippen LogP contribution in [0.15, 0.2) is 59.5 Å². The number of carbonyl (C=O) groups is 1. The van der Waals surface area contributed by atoms with Gasteiger partial charge in [0.25, 0.3) is 0 Å². The van der Waals surface area contributed by atoms with Crippen molar-refractivity contribution in [1.82, 2.24) is 9.97 Å². The molecular formula is C16H15N3O3S. The zero-order valence-corrected chi connectivity index (χ0v) is 13.3. The molecule has 118 valence electrons. The van der Waals surface area contributed by atoms with Gasteiger partial charge in [0, 0.05) is 11.8 Å². The van der Waals surface area contributed by atoms with Gasteiger partial charge in [0.05, 0.1) is 5.69 Å². The summed E-state index contributed by atoms with van der Waals surface area (Å²) < 4.78 is 5.39. The molecule has 6 nitrogen and oxygen atoms in total. The number of ether oxygens (including phenoxy) is 1. The predicted molar refractivity (Wildman–Crippen MR) is 88.8 cm³/mol. The van der Waals surface area contributed by atoms with E-state index in [1.54, 1.807) is 30.3 Å². The molecular weight excluding hydrogens is 314 g/mol. The van der Waals surface area contributed by atoms with Gasteiger partial charge < -0.3 is 4.74 Å². The van der Waals surface area contributed by atoms with E-state index < -0.39 is 11.8 Å². The van der Waals surface area contributed by atoms with Crippen molar-refractivity contribution < 1.29 is 9.53 Å². The third-order valence-corrected chi connectivity index (χ3v) is 3.52. The molecule has 0 spiro atoms. The Morgan fingerprint density at radius 1 is 1.48 bits per heavy atom. The van der Waals surface area contributed by atoms with Gasteiger partial charge in [-0.1, -0.05) is 41.7 Å².